The van der Waals surface area contributed by atoms with Gasteiger partial charge in [0, 0.05) is 13.2 Å². The number of hydrogen-bond acceptors (Lipinski definition) is 4. The van der Waals surface area contributed by atoms with Crippen molar-refractivity contribution < 1.29 is 37.3 Å². The summed E-state index contributed by atoms with van der Waals surface area (Å²) >= 11 is 0. The Hall–Kier alpha value is -3.07. The van der Waals surface area contributed by atoms with Gasteiger partial charge in [0.15, 0.2) is 6.61 Å². The van der Waals surface area contributed by atoms with E-state index in [1.165, 1.54) is 24.3 Å². The quantitative estimate of drug-likeness (QED) is 0.658. The maximum atomic E-state index is 13.4. The molecule has 0 spiro atoms. The molecule has 1 aliphatic rings. The first-order valence-electron chi connectivity index (χ1n) is 10.1. The molecule has 0 bridgehead atoms. The number of benzene rings is 2. The topological polar surface area (TPSA) is 84.9 Å². The third-order valence-electron chi connectivity index (χ3n) is 5.60. The van der Waals surface area contributed by atoms with Gasteiger partial charge in [-0.25, -0.2) is 4.79 Å². The lowest BCUT2D eigenvalue weighted by atomic mass is 9.73. The number of amides is 1. The second-order valence-electron chi connectivity index (χ2n) is 7.75. The Bertz CT molecular complexity index is 936. The lowest BCUT2D eigenvalue weighted by molar-refractivity contribution is -0.153. The number of alkyl halides is 3. The van der Waals surface area contributed by atoms with Gasteiger partial charge in [-0.15, -0.1) is 0 Å². The Morgan fingerprint density at radius 3 is 2.22 bits per heavy atom. The predicted molar refractivity (Wildman–Crippen MR) is 110 cm³/mol. The van der Waals surface area contributed by atoms with Crippen LogP contribution in [0.1, 0.15) is 47.3 Å². The molecule has 172 valence electrons. The molecule has 0 radical (unpaired) electrons. The highest BCUT2D eigenvalue weighted by molar-refractivity contribution is 5.89. The van der Waals surface area contributed by atoms with Crippen molar-refractivity contribution in [2.75, 3.05) is 19.8 Å². The highest BCUT2D eigenvalue weighted by Crippen LogP contribution is 2.37. The van der Waals surface area contributed by atoms with E-state index < -0.39 is 24.2 Å². The van der Waals surface area contributed by atoms with Crippen LogP contribution >= 0.6 is 0 Å². The van der Waals surface area contributed by atoms with Crippen LogP contribution in [0.2, 0.25) is 0 Å². The smallest absolute Gasteiger partial charge is 0.422 e. The fourth-order valence-electron chi connectivity index (χ4n) is 3.73. The van der Waals surface area contributed by atoms with Crippen molar-refractivity contribution in [1.82, 2.24) is 5.32 Å². The van der Waals surface area contributed by atoms with E-state index in [-0.39, 0.29) is 23.3 Å². The minimum absolute atomic E-state index is 0.0700. The SMILES string of the molecule is C[C@H](NC(=O)C1(c2ccc(OCC(F)(F)F)cc2)CCOCC1)c1ccc(C(=O)O)cc1. The number of halogens is 3. The predicted octanol–water partition coefficient (Wildman–Crippen LogP) is 4.25. The van der Waals surface area contributed by atoms with Crippen molar-refractivity contribution in [3.8, 4) is 5.75 Å². The number of carbonyl (C=O) groups excluding carboxylic acids is 1. The van der Waals surface area contributed by atoms with E-state index in [0.29, 0.717) is 31.6 Å². The summed E-state index contributed by atoms with van der Waals surface area (Å²) < 4.78 is 47.3. The number of aromatic carboxylic acids is 1. The van der Waals surface area contributed by atoms with Crippen LogP contribution in [0.5, 0.6) is 5.75 Å². The van der Waals surface area contributed by atoms with Gasteiger partial charge in [-0.05, 0) is 55.2 Å². The molecule has 0 aliphatic carbocycles. The summed E-state index contributed by atoms with van der Waals surface area (Å²) in [5, 5.41) is 12.0. The first-order valence-corrected chi connectivity index (χ1v) is 10.1. The van der Waals surface area contributed by atoms with Gasteiger partial charge >= 0.3 is 12.1 Å². The molecule has 9 heteroatoms. The maximum absolute atomic E-state index is 13.4. The Balaban J connectivity index is 1.77. The second kappa shape index (κ2) is 9.60. The van der Waals surface area contributed by atoms with Gasteiger partial charge in [0.1, 0.15) is 5.75 Å². The molecule has 2 N–H and O–H groups in total. The number of carboxylic acids is 1. The van der Waals surface area contributed by atoms with Crippen molar-refractivity contribution in [2.24, 2.45) is 0 Å². The molecule has 1 aliphatic heterocycles. The molecule has 1 saturated heterocycles. The fraction of sp³-hybridized carbons (Fsp3) is 0.391. The molecule has 2 aromatic rings. The van der Waals surface area contributed by atoms with E-state index in [2.05, 4.69) is 5.32 Å². The fourth-order valence-corrected chi connectivity index (χ4v) is 3.73. The zero-order chi connectivity index (χ0) is 23.4. The average molecular weight is 451 g/mol. The van der Waals surface area contributed by atoms with E-state index in [9.17, 15) is 22.8 Å². The summed E-state index contributed by atoms with van der Waals surface area (Å²) in [6.07, 6.45) is -3.59. The molecule has 2 aromatic carbocycles. The molecule has 1 heterocycles. The van der Waals surface area contributed by atoms with Gasteiger partial charge in [-0.1, -0.05) is 24.3 Å². The van der Waals surface area contributed by atoms with Crippen molar-refractivity contribution >= 4 is 11.9 Å². The molecule has 0 saturated carbocycles. The highest BCUT2D eigenvalue weighted by atomic mass is 19.4. The minimum Gasteiger partial charge on any atom is -0.484 e. The number of nitrogens with one attached hydrogen (secondary N) is 1. The number of carboxylic acid groups (broad SMARTS) is 1. The molecular formula is C23H24F3NO5. The van der Waals surface area contributed by atoms with Crippen molar-refractivity contribution in [2.45, 2.75) is 37.4 Å². The van der Waals surface area contributed by atoms with Gasteiger partial charge in [-0.2, -0.15) is 13.2 Å². The molecule has 32 heavy (non-hydrogen) atoms. The van der Waals surface area contributed by atoms with E-state index in [0.717, 1.165) is 5.56 Å². The van der Waals surface area contributed by atoms with Crippen LogP contribution in [0.15, 0.2) is 48.5 Å². The Morgan fingerprint density at radius 1 is 1.09 bits per heavy atom. The third-order valence-corrected chi connectivity index (χ3v) is 5.60. The van der Waals surface area contributed by atoms with Crippen molar-refractivity contribution in [1.29, 1.82) is 0 Å². The van der Waals surface area contributed by atoms with Crippen LogP contribution in [0.4, 0.5) is 13.2 Å². The summed E-state index contributed by atoms with van der Waals surface area (Å²) in [4.78, 5) is 24.4. The second-order valence-corrected chi connectivity index (χ2v) is 7.75. The Morgan fingerprint density at radius 2 is 1.69 bits per heavy atom. The van der Waals surface area contributed by atoms with Crippen LogP contribution in [-0.2, 0) is 14.9 Å². The number of rotatable bonds is 7. The van der Waals surface area contributed by atoms with Crippen molar-refractivity contribution in [3.63, 3.8) is 0 Å². The van der Waals surface area contributed by atoms with E-state index >= 15 is 0 Å². The van der Waals surface area contributed by atoms with Crippen LogP contribution in [-0.4, -0.2) is 43.0 Å². The summed E-state index contributed by atoms with van der Waals surface area (Å²) in [5.41, 5.74) is 0.685. The maximum Gasteiger partial charge on any atom is 0.422 e. The molecule has 3 rings (SSSR count). The standard InChI is InChI=1S/C23H24F3NO5/c1-15(16-2-4-17(5-3-16)20(28)29)27-21(30)22(10-12-31-13-11-22)18-6-8-19(9-7-18)32-14-23(24,25)26/h2-9,15H,10-14H2,1H3,(H,27,30)(H,28,29)/t15-/m0/s1. The summed E-state index contributed by atoms with van der Waals surface area (Å²) in [5.74, 6) is -1.18. The van der Waals surface area contributed by atoms with E-state index in [1.54, 1.807) is 31.2 Å². The highest BCUT2D eigenvalue weighted by Gasteiger charge is 2.42. The van der Waals surface area contributed by atoms with Gasteiger partial charge in [-0.3, -0.25) is 4.79 Å². The lowest BCUT2D eigenvalue weighted by Gasteiger charge is -2.37. The molecule has 1 atom stereocenters. The van der Waals surface area contributed by atoms with Crippen LogP contribution < -0.4 is 10.1 Å². The first-order chi connectivity index (χ1) is 15.1. The van der Waals surface area contributed by atoms with Crippen molar-refractivity contribution in [3.05, 3.63) is 65.2 Å². The zero-order valence-corrected chi connectivity index (χ0v) is 17.4. The monoisotopic (exact) mass is 451 g/mol. The largest absolute Gasteiger partial charge is 0.484 e. The lowest BCUT2D eigenvalue weighted by Crippen LogP contribution is -2.48. The number of carbonyl (C=O) groups is 2. The van der Waals surface area contributed by atoms with Gasteiger partial charge in [0.2, 0.25) is 5.91 Å². The normalized spacial score (nSPS) is 16.8. The van der Waals surface area contributed by atoms with Gasteiger partial charge in [0.25, 0.3) is 0 Å². The molecule has 6 nitrogen and oxygen atoms in total. The molecule has 1 fully saturated rings. The molecular weight excluding hydrogens is 427 g/mol. The minimum atomic E-state index is -4.43. The Kier molecular flexibility index (Phi) is 7.08. The number of hydrogen-bond donors (Lipinski definition) is 2. The van der Waals surface area contributed by atoms with E-state index in [4.69, 9.17) is 14.6 Å². The summed E-state index contributed by atoms with van der Waals surface area (Å²) in [6, 6.07) is 12.0. The summed E-state index contributed by atoms with van der Waals surface area (Å²) in [7, 11) is 0. The van der Waals surface area contributed by atoms with Crippen LogP contribution in [0, 0.1) is 0 Å². The molecule has 1 amide bonds. The molecule has 0 unspecified atom stereocenters. The summed E-state index contributed by atoms with van der Waals surface area (Å²) in [6.45, 7) is 1.17. The first kappa shape index (κ1) is 23.6. The average Bonchev–Trinajstić information content (AvgIpc) is 2.78. The van der Waals surface area contributed by atoms with Crippen LogP contribution in [0.3, 0.4) is 0 Å². The van der Waals surface area contributed by atoms with E-state index in [1.807, 2.05) is 0 Å². The van der Waals surface area contributed by atoms with Gasteiger partial charge in [0.05, 0.1) is 17.0 Å². The third kappa shape index (κ3) is 5.59. The molecule has 0 aromatic heterocycles. The number of ether oxygens (including phenoxy) is 2. The Labute approximate surface area is 183 Å². The van der Waals surface area contributed by atoms with Gasteiger partial charge < -0.3 is 19.9 Å². The van der Waals surface area contributed by atoms with Crippen LogP contribution in [0.25, 0.3) is 0 Å². The zero-order valence-electron chi connectivity index (χ0n) is 17.4.